The predicted octanol–water partition coefficient (Wildman–Crippen LogP) is 2.04. The molecular weight excluding hydrogens is 322 g/mol. The zero-order valence-electron chi connectivity index (χ0n) is 12.9. The number of methoxy groups -OCH3 is 1. The highest BCUT2D eigenvalue weighted by Gasteiger charge is 2.17. The molecule has 0 spiro atoms. The van der Waals surface area contributed by atoms with E-state index in [0.29, 0.717) is 30.3 Å². The molecule has 0 aliphatic carbocycles. The zero-order chi connectivity index (χ0) is 16.8. The van der Waals surface area contributed by atoms with Crippen LogP contribution in [0.3, 0.4) is 0 Å². The Labute approximate surface area is 138 Å². The fourth-order valence-corrected chi connectivity index (χ4v) is 2.14. The molecule has 0 aliphatic heterocycles. The Morgan fingerprint density at radius 2 is 2.30 bits per heavy atom. The molecule has 0 saturated heterocycles. The number of rotatable bonds is 7. The van der Waals surface area contributed by atoms with Crippen molar-refractivity contribution in [3.63, 3.8) is 0 Å². The maximum atomic E-state index is 12.0. The Bertz CT molecular complexity index is 674. The molecule has 1 aromatic heterocycles. The first-order valence-corrected chi connectivity index (χ1v) is 7.45. The summed E-state index contributed by atoms with van der Waals surface area (Å²) in [5.41, 5.74) is 0.698. The minimum atomic E-state index is -0.404. The normalized spacial score (nSPS) is 12.1. The monoisotopic (exact) mass is 339 g/mol. The highest BCUT2D eigenvalue weighted by atomic mass is 35.5. The number of halogens is 1. The van der Waals surface area contributed by atoms with E-state index in [2.05, 4.69) is 15.5 Å². The smallest absolute Gasteiger partial charge is 0.248 e. The Morgan fingerprint density at radius 3 is 3.00 bits per heavy atom. The highest BCUT2D eigenvalue weighted by Crippen LogP contribution is 2.23. The molecule has 2 aromatic rings. The van der Waals surface area contributed by atoms with Crippen molar-refractivity contribution in [3.8, 4) is 5.75 Å². The van der Waals surface area contributed by atoms with Crippen LogP contribution in [-0.2, 0) is 22.4 Å². The summed E-state index contributed by atoms with van der Waals surface area (Å²) < 4.78 is 10.1. The maximum Gasteiger partial charge on any atom is 0.248 e. The summed E-state index contributed by atoms with van der Waals surface area (Å²) in [7, 11) is 1.60. The molecule has 1 aromatic carbocycles. The van der Waals surface area contributed by atoms with Gasteiger partial charge in [0.25, 0.3) is 0 Å². The van der Waals surface area contributed by atoms with Crippen LogP contribution in [-0.4, -0.2) is 34.9 Å². The van der Waals surface area contributed by atoms with Crippen LogP contribution in [0.15, 0.2) is 22.7 Å². The van der Waals surface area contributed by atoms with Gasteiger partial charge >= 0.3 is 0 Å². The summed E-state index contributed by atoms with van der Waals surface area (Å²) in [5, 5.41) is 16.2. The van der Waals surface area contributed by atoms with Crippen LogP contribution in [0.4, 0.5) is 0 Å². The Kier molecular flexibility index (Phi) is 5.95. The van der Waals surface area contributed by atoms with E-state index in [1.807, 2.05) is 0 Å². The Morgan fingerprint density at radius 1 is 1.52 bits per heavy atom. The number of benzene rings is 1. The van der Waals surface area contributed by atoms with Gasteiger partial charge in [0.15, 0.2) is 5.82 Å². The summed E-state index contributed by atoms with van der Waals surface area (Å²) in [6, 6.07) is 4.24. The van der Waals surface area contributed by atoms with Gasteiger partial charge in [-0.2, -0.15) is 4.98 Å². The lowest BCUT2D eigenvalue weighted by atomic mass is 10.1. The number of phenols is 1. The van der Waals surface area contributed by atoms with Crippen molar-refractivity contribution >= 4 is 17.5 Å². The first kappa shape index (κ1) is 17.2. The number of aromatic hydroxyl groups is 1. The number of phenolic OH excluding ortho intramolecular Hbond substituents is 1. The van der Waals surface area contributed by atoms with E-state index >= 15 is 0 Å². The third kappa shape index (κ3) is 4.94. The molecule has 1 amide bonds. The molecule has 1 heterocycles. The standard InChI is InChI=1S/C15H18ClN3O4/c1-9(15-18-13(19-23-15)5-6-22-2)17-14(21)8-10-3-4-12(20)11(16)7-10/h3-4,7,9,20H,5-6,8H2,1-2H3,(H,17,21)/t9-/m0/s1. The molecule has 1 atom stereocenters. The van der Waals surface area contributed by atoms with Crippen molar-refractivity contribution in [3.05, 3.63) is 40.5 Å². The van der Waals surface area contributed by atoms with Crippen molar-refractivity contribution in [2.24, 2.45) is 0 Å². The lowest BCUT2D eigenvalue weighted by Crippen LogP contribution is -2.28. The van der Waals surface area contributed by atoms with Gasteiger partial charge in [0, 0.05) is 13.5 Å². The predicted molar refractivity (Wildman–Crippen MR) is 83.3 cm³/mol. The van der Waals surface area contributed by atoms with Crippen LogP contribution < -0.4 is 5.32 Å². The number of nitrogens with one attached hydrogen (secondary N) is 1. The van der Waals surface area contributed by atoms with E-state index in [1.54, 1.807) is 26.2 Å². The summed E-state index contributed by atoms with van der Waals surface area (Å²) in [6.45, 7) is 2.26. The third-order valence-corrected chi connectivity index (χ3v) is 3.44. The summed E-state index contributed by atoms with van der Waals surface area (Å²) >= 11 is 5.82. The van der Waals surface area contributed by atoms with Crippen LogP contribution in [0.25, 0.3) is 0 Å². The van der Waals surface area contributed by atoms with E-state index < -0.39 is 6.04 Å². The topological polar surface area (TPSA) is 97.5 Å². The van der Waals surface area contributed by atoms with Gasteiger partial charge in [-0.3, -0.25) is 4.79 Å². The molecule has 0 aliphatic rings. The molecule has 0 unspecified atom stereocenters. The largest absolute Gasteiger partial charge is 0.506 e. The number of hydrogen-bond donors (Lipinski definition) is 2. The van der Waals surface area contributed by atoms with Gasteiger partial charge in [-0.05, 0) is 24.6 Å². The van der Waals surface area contributed by atoms with Crippen molar-refractivity contribution in [2.75, 3.05) is 13.7 Å². The summed E-state index contributed by atoms with van der Waals surface area (Å²) in [5.74, 6) is 0.649. The molecule has 8 heteroatoms. The van der Waals surface area contributed by atoms with E-state index in [-0.39, 0.29) is 23.1 Å². The second-order valence-electron chi connectivity index (χ2n) is 5.04. The molecular formula is C15H18ClN3O4. The number of aromatic nitrogens is 2. The summed E-state index contributed by atoms with van der Waals surface area (Å²) in [6.07, 6.45) is 0.682. The van der Waals surface area contributed by atoms with Crippen LogP contribution in [0.5, 0.6) is 5.75 Å². The lowest BCUT2D eigenvalue weighted by Gasteiger charge is -2.10. The molecule has 2 N–H and O–H groups in total. The highest BCUT2D eigenvalue weighted by molar-refractivity contribution is 6.32. The average Bonchev–Trinajstić information content (AvgIpc) is 2.98. The molecule has 0 fully saturated rings. The lowest BCUT2D eigenvalue weighted by molar-refractivity contribution is -0.121. The number of carbonyl (C=O) groups excluding carboxylic acids is 1. The minimum absolute atomic E-state index is 0.0151. The first-order chi connectivity index (χ1) is 11.0. The van der Waals surface area contributed by atoms with E-state index in [9.17, 15) is 9.90 Å². The molecule has 124 valence electrons. The second kappa shape index (κ2) is 7.94. The van der Waals surface area contributed by atoms with E-state index in [4.69, 9.17) is 20.9 Å². The summed E-state index contributed by atoms with van der Waals surface area (Å²) in [4.78, 5) is 16.3. The second-order valence-corrected chi connectivity index (χ2v) is 5.45. The SMILES string of the molecule is COCCc1noc([C@H](C)NC(=O)Cc2ccc(O)c(Cl)c2)n1. The number of amides is 1. The van der Waals surface area contributed by atoms with Gasteiger partial charge in [0.1, 0.15) is 11.8 Å². The third-order valence-electron chi connectivity index (χ3n) is 3.14. The van der Waals surface area contributed by atoms with Gasteiger partial charge < -0.3 is 19.7 Å². The van der Waals surface area contributed by atoms with Gasteiger partial charge in [0.05, 0.1) is 18.1 Å². The van der Waals surface area contributed by atoms with Crippen molar-refractivity contribution in [1.29, 1.82) is 0 Å². The minimum Gasteiger partial charge on any atom is -0.506 e. The number of hydrogen-bond acceptors (Lipinski definition) is 6. The van der Waals surface area contributed by atoms with Crippen molar-refractivity contribution < 1.29 is 19.2 Å². The van der Waals surface area contributed by atoms with Crippen LogP contribution in [0, 0.1) is 0 Å². The maximum absolute atomic E-state index is 12.0. The Hall–Kier alpha value is -2.12. The van der Waals surface area contributed by atoms with Gasteiger partial charge in [0.2, 0.25) is 11.8 Å². The first-order valence-electron chi connectivity index (χ1n) is 7.07. The van der Waals surface area contributed by atoms with Gasteiger partial charge in [-0.1, -0.05) is 22.8 Å². The number of carbonyl (C=O) groups is 1. The molecule has 7 nitrogen and oxygen atoms in total. The van der Waals surface area contributed by atoms with E-state index in [1.165, 1.54) is 6.07 Å². The van der Waals surface area contributed by atoms with E-state index in [0.717, 1.165) is 0 Å². The molecule has 2 rings (SSSR count). The fraction of sp³-hybridized carbons (Fsp3) is 0.400. The molecule has 0 saturated carbocycles. The zero-order valence-corrected chi connectivity index (χ0v) is 13.6. The average molecular weight is 340 g/mol. The van der Waals surface area contributed by atoms with Gasteiger partial charge in [-0.15, -0.1) is 0 Å². The Balaban J connectivity index is 1.91. The number of ether oxygens (including phenoxy) is 1. The quantitative estimate of drug-likeness (QED) is 0.801. The molecule has 23 heavy (non-hydrogen) atoms. The van der Waals surface area contributed by atoms with Gasteiger partial charge in [-0.25, -0.2) is 0 Å². The molecule has 0 radical (unpaired) electrons. The molecule has 0 bridgehead atoms. The number of nitrogens with zero attached hydrogens (tertiary/aromatic N) is 2. The fourth-order valence-electron chi connectivity index (χ4n) is 1.94. The van der Waals surface area contributed by atoms with Crippen molar-refractivity contribution in [1.82, 2.24) is 15.5 Å². The van der Waals surface area contributed by atoms with Crippen LogP contribution in [0.2, 0.25) is 5.02 Å². The van der Waals surface area contributed by atoms with Crippen molar-refractivity contribution in [2.45, 2.75) is 25.8 Å². The van der Waals surface area contributed by atoms with Crippen LogP contribution >= 0.6 is 11.6 Å². The van der Waals surface area contributed by atoms with Crippen LogP contribution in [0.1, 0.15) is 30.2 Å².